The van der Waals surface area contributed by atoms with Crippen molar-refractivity contribution in [1.82, 2.24) is 14.5 Å². The maximum Gasteiger partial charge on any atom is 0.301 e. The molecule has 0 bridgehead atoms. The Kier molecular flexibility index (Phi) is 4.28. The average molecular weight is 400 g/mol. The third-order valence-electron chi connectivity index (χ3n) is 5.01. The number of nitrogens with zero attached hydrogens (tertiary/aromatic N) is 4. The van der Waals surface area contributed by atoms with Gasteiger partial charge in [-0.3, -0.25) is 4.31 Å². The summed E-state index contributed by atoms with van der Waals surface area (Å²) >= 11 is 0. The van der Waals surface area contributed by atoms with Crippen LogP contribution in [0.4, 0.5) is 5.69 Å². The van der Waals surface area contributed by atoms with Crippen LogP contribution >= 0.6 is 0 Å². The van der Waals surface area contributed by atoms with Crippen LogP contribution in [0.5, 0.6) is 5.88 Å². The molecule has 1 unspecified atom stereocenters. The van der Waals surface area contributed by atoms with Gasteiger partial charge in [0.2, 0.25) is 11.8 Å². The smallest absolute Gasteiger partial charge is 0.301 e. The molecule has 3 N–H and O–H groups in total. The van der Waals surface area contributed by atoms with E-state index >= 15 is 0 Å². The van der Waals surface area contributed by atoms with Gasteiger partial charge in [-0.1, -0.05) is 12.1 Å². The number of allylic oxidation sites excluding steroid dienone is 1. The molecule has 9 nitrogen and oxygen atoms in total. The van der Waals surface area contributed by atoms with E-state index in [2.05, 4.69) is 15.9 Å². The summed E-state index contributed by atoms with van der Waals surface area (Å²) in [5.74, 6) is 0.133. The van der Waals surface area contributed by atoms with E-state index in [1.165, 1.54) is 4.31 Å². The van der Waals surface area contributed by atoms with Crippen LogP contribution in [0.2, 0.25) is 0 Å². The maximum absolute atomic E-state index is 12.2. The fourth-order valence-corrected chi connectivity index (χ4v) is 5.06. The molecule has 0 amide bonds. The van der Waals surface area contributed by atoms with Crippen molar-refractivity contribution >= 4 is 15.9 Å². The van der Waals surface area contributed by atoms with Crippen LogP contribution in [0.25, 0.3) is 0 Å². The molecule has 0 radical (unpaired) electrons. The molecule has 2 aliphatic rings. The van der Waals surface area contributed by atoms with Crippen molar-refractivity contribution in [2.75, 3.05) is 17.4 Å². The van der Waals surface area contributed by atoms with Crippen molar-refractivity contribution < 1.29 is 13.2 Å². The molecular formula is C18H20N6O3S. The van der Waals surface area contributed by atoms with E-state index in [0.29, 0.717) is 30.2 Å². The summed E-state index contributed by atoms with van der Waals surface area (Å²) in [5, 5.41) is 14.0. The lowest BCUT2D eigenvalue weighted by Crippen LogP contribution is -2.47. The van der Waals surface area contributed by atoms with E-state index in [1.807, 2.05) is 19.1 Å². The van der Waals surface area contributed by atoms with E-state index in [0.717, 1.165) is 23.2 Å². The van der Waals surface area contributed by atoms with Gasteiger partial charge in [-0.25, -0.2) is 4.68 Å². The normalized spacial score (nSPS) is 21.0. The average Bonchev–Trinajstić information content (AvgIpc) is 2.94. The van der Waals surface area contributed by atoms with Crippen molar-refractivity contribution in [3.63, 3.8) is 0 Å². The minimum absolute atomic E-state index is 0.0508. The Bertz CT molecular complexity index is 1110. The number of benzene rings is 1. The van der Waals surface area contributed by atoms with Gasteiger partial charge < -0.3 is 10.5 Å². The third-order valence-corrected chi connectivity index (χ3v) is 6.55. The summed E-state index contributed by atoms with van der Waals surface area (Å²) in [5.41, 5.74) is 9.21. The van der Waals surface area contributed by atoms with Crippen LogP contribution in [0.15, 0.2) is 35.7 Å². The molecule has 0 saturated carbocycles. The van der Waals surface area contributed by atoms with Gasteiger partial charge in [-0.05, 0) is 31.0 Å². The van der Waals surface area contributed by atoms with Gasteiger partial charge in [0.05, 0.1) is 22.9 Å². The van der Waals surface area contributed by atoms with Gasteiger partial charge in [-0.2, -0.15) is 23.5 Å². The van der Waals surface area contributed by atoms with Gasteiger partial charge in [-0.15, -0.1) is 0 Å². The highest BCUT2D eigenvalue weighted by Crippen LogP contribution is 2.43. The molecule has 10 heteroatoms. The highest BCUT2D eigenvalue weighted by atomic mass is 32.2. The molecule has 4 rings (SSSR count). The first-order valence-corrected chi connectivity index (χ1v) is 10.3. The number of rotatable bonds is 2. The molecule has 2 aromatic rings. The molecule has 0 spiro atoms. The van der Waals surface area contributed by atoms with Crippen molar-refractivity contribution in [1.29, 1.82) is 5.26 Å². The van der Waals surface area contributed by atoms with Crippen molar-refractivity contribution in [3.8, 4) is 11.9 Å². The zero-order valence-corrected chi connectivity index (χ0v) is 16.3. The summed E-state index contributed by atoms with van der Waals surface area (Å²) < 4.78 is 35.6. The Morgan fingerprint density at radius 2 is 2.07 bits per heavy atom. The number of hydrogen-bond donors (Lipinski definition) is 2. The number of aromatic nitrogens is 2. The van der Waals surface area contributed by atoms with Crippen LogP contribution < -0.4 is 19.5 Å². The first-order valence-electron chi connectivity index (χ1n) is 8.82. The van der Waals surface area contributed by atoms with Crippen LogP contribution in [0, 0.1) is 18.3 Å². The predicted molar refractivity (Wildman–Crippen MR) is 103 cm³/mol. The fourth-order valence-electron chi connectivity index (χ4n) is 3.73. The van der Waals surface area contributed by atoms with E-state index in [-0.39, 0.29) is 5.88 Å². The molecule has 1 aromatic heterocycles. The molecule has 2 aliphatic heterocycles. The number of nitrogens with two attached hydrogens (primary N) is 1. The lowest BCUT2D eigenvalue weighted by atomic mass is 9.84. The lowest BCUT2D eigenvalue weighted by molar-refractivity contribution is 0.358. The number of nitrogens with one attached hydrogen (secondary N) is 1. The van der Waals surface area contributed by atoms with Gasteiger partial charge in [0, 0.05) is 20.1 Å². The minimum atomic E-state index is -3.52. The maximum atomic E-state index is 12.2. The molecule has 146 valence electrons. The van der Waals surface area contributed by atoms with Gasteiger partial charge in [0.15, 0.2) is 0 Å². The number of fused-ring (bicyclic) bond motifs is 1. The Morgan fingerprint density at radius 1 is 1.36 bits per heavy atom. The molecule has 3 heterocycles. The zero-order valence-electron chi connectivity index (χ0n) is 15.5. The Hall–Kier alpha value is -3.03. The number of hydrogen-bond acceptors (Lipinski definition) is 6. The molecule has 0 aliphatic carbocycles. The Labute approximate surface area is 163 Å². The number of aryl methyl sites for hydroxylation is 2. The number of nitriles is 1. The standard InChI is InChI=1S/C18H20N6O3S/c1-11-15-16(14(10-19)17(20)27-18(15)23(2)22-11)12-4-6-13(7-5-12)24-9-3-8-21-28(24,25)26/h4-7,16,21H,3,8-9,20H2,1-2H3. The van der Waals surface area contributed by atoms with Crippen LogP contribution in [-0.2, 0) is 17.3 Å². The minimum Gasteiger partial charge on any atom is -0.422 e. The molecule has 28 heavy (non-hydrogen) atoms. The zero-order chi connectivity index (χ0) is 20.1. The first kappa shape index (κ1) is 18.3. The molecule has 1 aromatic carbocycles. The van der Waals surface area contributed by atoms with Gasteiger partial charge in [0.1, 0.15) is 11.6 Å². The molecular weight excluding hydrogens is 380 g/mol. The monoisotopic (exact) mass is 400 g/mol. The summed E-state index contributed by atoms with van der Waals surface area (Å²) in [6.07, 6.45) is 0.733. The largest absolute Gasteiger partial charge is 0.422 e. The Balaban J connectivity index is 1.78. The molecule has 1 fully saturated rings. The summed E-state index contributed by atoms with van der Waals surface area (Å²) in [7, 11) is -1.77. The van der Waals surface area contributed by atoms with E-state index in [4.69, 9.17) is 10.5 Å². The van der Waals surface area contributed by atoms with Crippen LogP contribution in [-0.4, -0.2) is 31.3 Å². The predicted octanol–water partition coefficient (Wildman–Crippen LogP) is 0.991. The lowest BCUT2D eigenvalue weighted by Gasteiger charge is -2.29. The summed E-state index contributed by atoms with van der Waals surface area (Å²) in [6.45, 7) is 2.72. The van der Waals surface area contributed by atoms with Crippen molar-refractivity contribution in [2.45, 2.75) is 19.3 Å². The topological polar surface area (TPSA) is 126 Å². The summed E-state index contributed by atoms with van der Waals surface area (Å²) in [4.78, 5) is 0. The highest BCUT2D eigenvalue weighted by Gasteiger charge is 2.35. The second kappa shape index (κ2) is 6.54. The fraction of sp³-hybridized carbons (Fsp3) is 0.333. The van der Waals surface area contributed by atoms with Crippen molar-refractivity contribution in [2.24, 2.45) is 12.8 Å². The van der Waals surface area contributed by atoms with Gasteiger partial charge in [0.25, 0.3) is 0 Å². The van der Waals surface area contributed by atoms with E-state index in [9.17, 15) is 13.7 Å². The first-order chi connectivity index (χ1) is 13.3. The van der Waals surface area contributed by atoms with Crippen LogP contribution in [0.1, 0.15) is 29.2 Å². The van der Waals surface area contributed by atoms with Crippen molar-refractivity contribution in [3.05, 3.63) is 52.5 Å². The second-order valence-corrected chi connectivity index (χ2v) is 8.45. The quantitative estimate of drug-likeness (QED) is 0.774. The SMILES string of the molecule is Cc1nn(C)c2c1C(c1ccc(N3CCCNS3(=O)=O)cc1)C(C#N)=C(N)O2. The molecule has 1 saturated heterocycles. The molecule has 1 atom stereocenters. The van der Waals surface area contributed by atoms with E-state index in [1.54, 1.807) is 23.9 Å². The second-order valence-electron chi connectivity index (χ2n) is 6.77. The number of ether oxygens (including phenoxy) is 1. The highest BCUT2D eigenvalue weighted by molar-refractivity contribution is 7.90. The number of anilines is 1. The summed E-state index contributed by atoms with van der Waals surface area (Å²) in [6, 6.07) is 9.26. The van der Waals surface area contributed by atoms with Crippen LogP contribution in [0.3, 0.4) is 0 Å². The van der Waals surface area contributed by atoms with E-state index < -0.39 is 16.1 Å². The Morgan fingerprint density at radius 3 is 2.71 bits per heavy atom. The third kappa shape index (κ3) is 2.80. The van der Waals surface area contributed by atoms with Gasteiger partial charge >= 0.3 is 10.2 Å².